The molecule has 4 aromatic rings. The number of aromatic nitrogens is 1. The number of para-hydroxylation sites is 1. The predicted octanol–water partition coefficient (Wildman–Crippen LogP) is 4.75. The Bertz CT molecular complexity index is 1510. The Kier molecular flexibility index (Phi) is 5.65. The lowest BCUT2D eigenvalue weighted by Gasteiger charge is -2.28. The van der Waals surface area contributed by atoms with Crippen molar-refractivity contribution in [3.63, 3.8) is 0 Å². The van der Waals surface area contributed by atoms with E-state index in [1.165, 1.54) is 7.11 Å². The molecule has 1 saturated heterocycles. The highest BCUT2D eigenvalue weighted by atomic mass is 16.8. The quantitative estimate of drug-likeness (QED) is 0.180. The lowest BCUT2D eigenvalue weighted by Crippen LogP contribution is -2.36. The van der Waals surface area contributed by atoms with Gasteiger partial charge in [-0.15, -0.1) is 0 Å². The second kappa shape index (κ2) is 9.13. The van der Waals surface area contributed by atoms with E-state index in [0.29, 0.717) is 29.8 Å². The molecule has 1 fully saturated rings. The Morgan fingerprint density at radius 2 is 1.69 bits per heavy atom. The third kappa shape index (κ3) is 3.79. The number of carbonyl (C=O) groups is 2. The number of rotatable bonds is 4. The Morgan fingerprint density at radius 3 is 2.47 bits per heavy atom. The average Bonchev–Trinajstić information content (AvgIpc) is 3.27. The molecule has 1 aromatic heterocycles. The number of morpholine rings is 1. The lowest BCUT2D eigenvalue weighted by atomic mass is 9.99. The van der Waals surface area contributed by atoms with E-state index in [1.54, 1.807) is 0 Å². The highest BCUT2D eigenvalue weighted by Crippen LogP contribution is 2.35. The van der Waals surface area contributed by atoms with E-state index >= 15 is 0 Å². The Hall–Kier alpha value is -4.17. The van der Waals surface area contributed by atoms with Gasteiger partial charge in [-0.2, -0.15) is 0 Å². The highest BCUT2D eigenvalue weighted by molar-refractivity contribution is 6.20. The minimum absolute atomic E-state index is 0.00826. The van der Waals surface area contributed by atoms with Gasteiger partial charge in [-0.25, -0.2) is 4.79 Å². The highest BCUT2D eigenvalue weighted by Gasteiger charge is 2.23. The van der Waals surface area contributed by atoms with Gasteiger partial charge in [0.05, 0.1) is 31.6 Å². The van der Waals surface area contributed by atoms with Gasteiger partial charge in [0.15, 0.2) is 5.78 Å². The number of benzene rings is 3. The van der Waals surface area contributed by atoms with Gasteiger partial charge in [0.25, 0.3) is 0 Å². The average molecular weight is 484 g/mol. The number of hydrogen-bond donors (Lipinski definition) is 0. The van der Waals surface area contributed by atoms with Crippen LogP contribution in [0.3, 0.4) is 0 Å². The number of oxime groups is 1. The summed E-state index contributed by atoms with van der Waals surface area (Å²) in [6, 6.07) is 19.7. The van der Waals surface area contributed by atoms with Crippen LogP contribution < -0.4 is 4.90 Å². The molecule has 0 amide bonds. The Morgan fingerprint density at radius 1 is 0.917 bits per heavy atom. The number of ketones is 1. The smallest absolute Gasteiger partial charge is 0.436 e. The molecule has 2 aliphatic rings. The van der Waals surface area contributed by atoms with Gasteiger partial charge >= 0.3 is 6.16 Å². The first-order valence-electron chi connectivity index (χ1n) is 12.0. The van der Waals surface area contributed by atoms with Crippen LogP contribution in [0, 0.1) is 0 Å². The summed E-state index contributed by atoms with van der Waals surface area (Å²) in [5.41, 5.74) is 6.09. The molecule has 3 aromatic carbocycles. The summed E-state index contributed by atoms with van der Waals surface area (Å²) in [5.74, 6) is -0.00826. The number of anilines is 1. The number of carbonyl (C=O) groups excluding carboxylic acids is 2. The number of nitrogens with zero attached hydrogens (tertiary/aromatic N) is 3. The second-order valence-electron chi connectivity index (χ2n) is 8.89. The summed E-state index contributed by atoms with van der Waals surface area (Å²) < 4.78 is 12.2. The van der Waals surface area contributed by atoms with Gasteiger partial charge in [-0.3, -0.25) is 9.63 Å². The molecule has 182 valence electrons. The van der Waals surface area contributed by atoms with Crippen LogP contribution in [0.25, 0.3) is 21.8 Å². The van der Waals surface area contributed by atoms with E-state index < -0.39 is 6.16 Å². The molecule has 0 unspecified atom stereocenters. The third-order valence-electron chi connectivity index (χ3n) is 6.93. The summed E-state index contributed by atoms with van der Waals surface area (Å²) in [4.78, 5) is 31.9. The summed E-state index contributed by atoms with van der Waals surface area (Å²) in [5, 5.41) is 6.08. The van der Waals surface area contributed by atoms with Crippen molar-refractivity contribution in [2.24, 2.45) is 5.16 Å². The molecule has 8 heteroatoms. The van der Waals surface area contributed by atoms with E-state index in [9.17, 15) is 9.59 Å². The van der Waals surface area contributed by atoms with Crippen molar-refractivity contribution in [2.75, 3.05) is 38.3 Å². The van der Waals surface area contributed by atoms with E-state index in [1.807, 2.05) is 60.7 Å². The zero-order valence-electron chi connectivity index (χ0n) is 19.9. The van der Waals surface area contributed by atoms with Gasteiger partial charge in [-0.1, -0.05) is 23.4 Å². The third-order valence-corrected chi connectivity index (χ3v) is 6.93. The molecular formula is C28H25N3O5. The van der Waals surface area contributed by atoms with Crippen LogP contribution in [-0.4, -0.2) is 55.6 Å². The van der Waals surface area contributed by atoms with Crippen molar-refractivity contribution < 1.29 is 23.9 Å². The first-order valence-corrected chi connectivity index (χ1v) is 12.0. The van der Waals surface area contributed by atoms with Crippen LogP contribution in [0.4, 0.5) is 10.5 Å². The first kappa shape index (κ1) is 22.3. The van der Waals surface area contributed by atoms with E-state index in [4.69, 9.17) is 9.57 Å². The zero-order chi connectivity index (χ0) is 24.6. The fraction of sp³-hybridized carbons (Fsp3) is 0.250. The lowest BCUT2D eigenvalue weighted by molar-refractivity contribution is 0.0751. The maximum absolute atomic E-state index is 13.4. The van der Waals surface area contributed by atoms with Crippen molar-refractivity contribution in [1.29, 1.82) is 0 Å². The van der Waals surface area contributed by atoms with Crippen LogP contribution in [0.1, 0.15) is 27.9 Å². The molecule has 0 saturated carbocycles. The number of hydrogen-bond acceptors (Lipinski definition) is 7. The van der Waals surface area contributed by atoms with Gasteiger partial charge in [-0.05, 0) is 42.5 Å². The normalized spacial score (nSPS) is 16.5. The fourth-order valence-electron chi connectivity index (χ4n) is 5.15. The van der Waals surface area contributed by atoms with Crippen LogP contribution in [0.5, 0.6) is 0 Å². The molecule has 36 heavy (non-hydrogen) atoms. The Balaban J connectivity index is 1.35. The van der Waals surface area contributed by atoms with E-state index in [0.717, 1.165) is 59.4 Å². The fourth-order valence-corrected chi connectivity index (χ4v) is 5.15. The number of fused-ring (bicyclic) bond motifs is 3. The molecule has 2 aliphatic heterocycles. The summed E-state index contributed by atoms with van der Waals surface area (Å²) in [7, 11) is 1.25. The van der Waals surface area contributed by atoms with Crippen LogP contribution in [-0.2, 0) is 20.9 Å². The predicted molar refractivity (Wildman–Crippen MR) is 137 cm³/mol. The van der Waals surface area contributed by atoms with Crippen molar-refractivity contribution in [3.8, 4) is 0 Å². The molecular weight excluding hydrogens is 458 g/mol. The SMILES string of the molecule is COC(=O)O/N=C1\CCn2c3ccc(C(=O)c4ccc(N5CCOCC5)cc4)cc3c3cccc1c32. The van der Waals surface area contributed by atoms with Gasteiger partial charge in [0.2, 0.25) is 0 Å². The van der Waals surface area contributed by atoms with Crippen molar-refractivity contribution in [1.82, 2.24) is 4.57 Å². The standard InChI is InChI=1S/C28H25N3O5/c1-34-28(33)36-29-24-11-12-31-25-10-7-19(17-23(25)21-3-2-4-22(24)26(21)31)27(32)18-5-8-20(9-6-18)30-13-15-35-16-14-30/h2-10,17H,11-16H2,1H3/b29-24+. The van der Waals surface area contributed by atoms with E-state index in [2.05, 4.69) is 19.4 Å². The topological polar surface area (TPSA) is 82.4 Å². The summed E-state index contributed by atoms with van der Waals surface area (Å²) >= 11 is 0. The number of methoxy groups -OCH3 is 1. The molecule has 0 N–H and O–H groups in total. The maximum Gasteiger partial charge on any atom is 0.534 e. The van der Waals surface area contributed by atoms with Gasteiger partial charge < -0.3 is 18.9 Å². The van der Waals surface area contributed by atoms with Gasteiger partial charge in [0, 0.05) is 64.7 Å². The largest absolute Gasteiger partial charge is 0.534 e. The van der Waals surface area contributed by atoms with Crippen LogP contribution in [0.2, 0.25) is 0 Å². The van der Waals surface area contributed by atoms with Gasteiger partial charge in [0.1, 0.15) is 0 Å². The molecule has 0 radical (unpaired) electrons. The van der Waals surface area contributed by atoms with Crippen LogP contribution in [0.15, 0.2) is 65.8 Å². The van der Waals surface area contributed by atoms with Crippen molar-refractivity contribution in [3.05, 3.63) is 77.4 Å². The number of aryl methyl sites for hydroxylation is 1. The summed E-state index contributed by atoms with van der Waals surface area (Å²) in [6.07, 6.45) is -0.231. The first-order chi connectivity index (χ1) is 17.6. The maximum atomic E-state index is 13.4. The van der Waals surface area contributed by atoms with Crippen molar-refractivity contribution in [2.45, 2.75) is 13.0 Å². The molecule has 0 atom stereocenters. The number of ether oxygens (including phenoxy) is 2. The molecule has 0 bridgehead atoms. The molecule has 0 aliphatic carbocycles. The minimum atomic E-state index is -0.845. The zero-order valence-corrected chi connectivity index (χ0v) is 19.9. The summed E-state index contributed by atoms with van der Waals surface area (Å²) in [6.45, 7) is 3.86. The molecule has 8 nitrogen and oxygen atoms in total. The second-order valence-corrected chi connectivity index (χ2v) is 8.89. The molecule has 6 rings (SSSR count). The van der Waals surface area contributed by atoms with Crippen molar-refractivity contribution >= 4 is 45.1 Å². The molecule has 3 heterocycles. The van der Waals surface area contributed by atoms with E-state index in [-0.39, 0.29) is 5.78 Å². The Labute approximate surface area is 207 Å². The monoisotopic (exact) mass is 483 g/mol. The van der Waals surface area contributed by atoms with Crippen LogP contribution >= 0.6 is 0 Å². The minimum Gasteiger partial charge on any atom is -0.436 e. The molecule has 0 spiro atoms.